The first-order valence-electron chi connectivity index (χ1n) is 9.34. The Balaban J connectivity index is 1.68. The van der Waals surface area contributed by atoms with Gasteiger partial charge in [-0.15, -0.1) is 0 Å². The number of nitrogens with zero attached hydrogens (tertiary/aromatic N) is 2. The molecule has 1 aromatic rings. The highest BCUT2D eigenvalue weighted by molar-refractivity contribution is 9.10. The smallest absolute Gasteiger partial charge is 0.125 e. The van der Waals surface area contributed by atoms with Crippen LogP contribution in [0.15, 0.2) is 16.6 Å². The van der Waals surface area contributed by atoms with Crippen LogP contribution >= 0.6 is 15.9 Å². The second-order valence-corrected chi connectivity index (χ2v) is 8.28. The van der Waals surface area contributed by atoms with Crippen molar-refractivity contribution in [2.24, 2.45) is 0 Å². The van der Waals surface area contributed by atoms with Crippen LogP contribution < -0.4 is 4.74 Å². The molecule has 0 bridgehead atoms. The second-order valence-electron chi connectivity index (χ2n) is 7.42. The largest absolute Gasteiger partial charge is 0.491 e. The fourth-order valence-electron chi connectivity index (χ4n) is 4.23. The topological polar surface area (TPSA) is 54.4 Å². The van der Waals surface area contributed by atoms with E-state index in [-0.39, 0.29) is 0 Å². The molecule has 7 heteroatoms. The molecule has 2 fully saturated rings. The van der Waals surface area contributed by atoms with Crippen LogP contribution in [0.2, 0.25) is 0 Å². The molecule has 3 heterocycles. The van der Waals surface area contributed by atoms with Gasteiger partial charge in [-0.25, -0.2) is 0 Å². The quantitative estimate of drug-likeness (QED) is 0.791. The van der Waals surface area contributed by atoms with Crippen molar-refractivity contribution >= 4 is 15.9 Å². The SMILES string of the molecule is Cc1cc2c(cc1Br)[C@H](O)[C@](CN1CCOCC1)(N1CCOCC1)CO2. The van der Waals surface area contributed by atoms with Crippen LogP contribution in [0.1, 0.15) is 17.2 Å². The average molecular weight is 427 g/mol. The summed E-state index contributed by atoms with van der Waals surface area (Å²) in [4.78, 5) is 4.76. The van der Waals surface area contributed by atoms with E-state index in [0.717, 1.165) is 67.3 Å². The molecule has 0 saturated carbocycles. The average Bonchev–Trinajstić information content (AvgIpc) is 2.67. The molecule has 26 heavy (non-hydrogen) atoms. The van der Waals surface area contributed by atoms with E-state index in [4.69, 9.17) is 14.2 Å². The molecular formula is C19H27BrN2O4. The molecule has 1 aromatic carbocycles. The van der Waals surface area contributed by atoms with E-state index < -0.39 is 11.6 Å². The Hall–Kier alpha value is -0.700. The monoisotopic (exact) mass is 426 g/mol. The Labute approximate surface area is 163 Å². The number of ether oxygens (including phenoxy) is 3. The number of fused-ring (bicyclic) bond motifs is 1. The van der Waals surface area contributed by atoms with Crippen LogP contribution in [0.3, 0.4) is 0 Å². The van der Waals surface area contributed by atoms with Crippen LogP contribution in [0.4, 0.5) is 0 Å². The molecule has 4 rings (SSSR count). The maximum atomic E-state index is 11.5. The minimum Gasteiger partial charge on any atom is -0.491 e. The molecule has 0 spiro atoms. The van der Waals surface area contributed by atoms with Crippen LogP contribution in [-0.2, 0) is 9.47 Å². The zero-order valence-corrected chi connectivity index (χ0v) is 16.8. The lowest BCUT2D eigenvalue weighted by atomic mass is 9.82. The van der Waals surface area contributed by atoms with Crippen molar-refractivity contribution in [3.63, 3.8) is 0 Å². The van der Waals surface area contributed by atoms with Gasteiger partial charge >= 0.3 is 0 Å². The number of hydrogen-bond acceptors (Lipinski definition) is 6. The number of hydrogen-bond donors (Lipinski definition) is 1. The van der Waals surface area contributed by atoms with E-state index in [2.05, 4.69) is 25.7 Å². The van der Waals surface area contributed by atoms with Gasteiger partial charge in [0.05, 0.1) is 32.0 Å². The third-order valence-electron chi connectivity index (χ3n) is 5.81. The fourth-order valence-corrected chi connectivity index (χ4v) is 4.59. The molecule has 144 valence electrons. The van der Waals surface area contributed by atoms with Crippen LogP contribution in [0.5, 0.6) is 5.75 Å². The first-order valence-corrected chi connectivity index (χ1v) is 10.1. The third-order valence-corrected chi connectivity index (χ3v) is 6.67. The number of rotatable bonds is 3. The van der Waals surface area contributed by atoms with Gasteiger partial charge in [0.1, 0.15) is 18.5 Å². The minimum absolute atomic E-state index is 0.469. The molecule has 2 atom stereocenters. The molecule has 1 N–H and O–H groups in total. The lowest BCUT2D eigenvalue weighted by Gasteiger charge is -2.52. The first kappa shape index (κ1) is 18.7. The summed E-state index contributed by atoms with van der Waals surface area (Å²) in [6.45, 7) is 9.59. The standard InChI is InChI=1S/C19H27BrN2O4/c1-14-10-17-15(11-16(14)20)18(23)19(13-26-17,22-4-8-25-9-5-22)12-21-2-6-24-7-3-21/h10-11,18,23H,2-9,12-13H2,1H3/t18-,19+/m0/s1. The van der Waals surface area contributed by atoms with Crippen molar-refractivity contribution in [1.82, 2.24) is 9.80 Å². The van der Waals surface area contributed by atoms with Gasteiger partial charge in [0, 0.05) is 42.8 Å². The summed E-state index contributed by atoms with van der Waals surface area (Å²) < 4.78 is 18.3. The maximum Gasteiger partial charge on any atom is 0.125 e. The van der Waals surface area contributed by atoms with E-state index in [1.807, 2.05) is 19.1 Å². The fraction of sp³-hybridized carbons (Fsp3) is 0.684. The Kier molecular flexibility index (Phi) is 5.55. The van der Waals surface area contributed by atoms with Gasteiger partial charge in [0.15, 0.2) is 0 Å². The predicted molar refractivity (Wildman–Crippen MR) is 102 cm³/mol. The Morgan fingerprint density at radius 2 is 1.77 bits per heavy atom. The second kappa shape index (κ2) is 7.73. The Bertz CT molecular complexity index is 647. The van der Waals surface area contributed by atoms with Gasteiger partial charge in [0.25, 0.3) is 0 Å². The zero-order chi connectivity index (χ0) is 18.1. The van der Waals surface area contributed by atoms with Crippen LogP contribution in [-0.4, -0.2) is 86.2 Å². The summed E-state index contributed by atoms with van der Waals surface area (Å²) in [5, 5.41) is 11.5. The zero-order valence-electron chi connectivity index (χ0n) is 15.2. The molecule has 6 nitrogen and oxygen atoms in total. The highest BCUT2D eigenvalue weighted by atomic mass is 79.9. The number of aryl methyl sites for hydroxylation is 1. The molecule has 0 unspecified atom stereocenters. The van der Waals surface area contributed by atoms with Crippen molar-refractivity contribution in [1.29, 1.82) is 0 Å². The van der Waals surface area contributed by atoms with E-state index in [1.54, 1.807) is 0 Å². The van der Waals surface area contributed by atoms with E-state index in [0.29, 0.717) is 19.8 Å². The van der Waals surface area contributed by atoms with E-state index in [1.165, 1.54) is 0 Å². The van der Waals surface area contributed by atoms with Crippen molar-refractivity contribution < 1.29 is 19.3 Å². The minimum atomic E-state index is -0.607. The summed E-state index contributed by atoms with van der Waals surface area (Å²) in [6.07, 6.45) is -0.607. The normalized spacial score (nSPS) is 30.7. The molecule has 2 saturated heterocycles. The van der Waals surface area contributed by atoms with Crippen molar-refractivity contribution in [3.05, 3.63) is 27.7 Å². The number of aliphatic hydroxyl groups is 1. The molecule has 3 aliphatic heterocycles. The van der Waals surface area contributed by atoms with Gasteiger partial charge in [-0.05, 0) is 24.6 Å². The van der Waals surface area contributed by atoms with Crippen LogP contribution in [0.25, 0.3) is 0 Å². The molecule has 3 aliphatic rings. The summed E-state index contributed by atoms with van der Waals surface area (Å²) in [6, 6.07) is 4.03. The Morgan fingerprint density at radius 1 is 1.12 bits per heavy atom. The molecule has 0 radical (unpaired) electrons. The lowest BCUT2D eigenvalue weighted by molar-refractivity contribution is -0.125. The molecule has 0 aromatic heterocycles. The van der Waals surface area contributed by atoms with Crippen molar-refractivity contribution in [3.8, 4) is 5.75 Å². The maximum absolute atomic E-state index is 11.5. The summed E-state index contributed by atoms with van der Waals surface area (Å²) >= 11 is 3.61. The number of halogens is 1. The van der Waals surface area contributed by atoms with Gasteiger partial charge in [-0.3, -0.25) is 9.80 Å². The molecular weight excluding hydrogens is 400 g/mol. The Morgan fingerprint density at radius 3 is 2.46 bits per heavy atom. The highest BCUT2D eigenvalue weighted by Gasteiger charge is 2.50. The van der Waals surface area contributed by atoms with Crippen LogP contribution in [0, 0.1) is 6.92 Å². The first-order chi connectivity index (χ1) is 12.6. The van der Waals surface area contributed by atoms with E-state index in [9.17, 15) is 5.11 Å². The van der Waals surface area contributed by atoms with Gasteiger partial charge in [-0.2, -0.15) is 0 Å². The summed E-state index contributed by atoms with van der Waals surface area (Å²) in [5.41, 5.74) is 1.51. The number of morpholine rings is 2. The highest BCUT2D eigenvalue weighted by Crippen LogP contribution is 2.44. The summed E-state index contributed by atoms with van der Waals surface area (Å²) in [7, 11) is 0. The summed E-state index contributed by atoms with van der Waals surface area (Å²) in [5.74, 6) is 0.795. The van der Waals surface area contributed by atoms with Crippen molar-refractivity contribution in [2.45, 2.75) is 18.6 Å². The van der Waals surface area contributed by atoms with Crippen molar-refractivity contribution in [2.75, 3.05) is 65.8 Å². The van der Waals surface area contributed by atoms with E-state index >= 15 is 0 Å². The molecule has 0 aliphatic carbocycles. The van der Waals surface area contributed by atoms with Gasteiger partial charge in [-0.1, -0.05) is 15.9 Å². The predicted octanol–water partition coefficient (Wildman–Crippen LogP) is 1.59. The van der Waals surface area contributed by atoms with Gasteiger partial charge < -0.3 is 19.3 Å². The third kappa shape index (κ3) is 3.41. The number of aliphatic hydroxyl groups excluding tert-OH is 1. The molecule has 0 amide bonds. The lowest BCUT2D eigenvalue weighted by Crippen LogP contribution is -2.66. The van der Waals surface area contributed by atoms with Gasteiger partial charge in [0.2, 0.25) is 0 Å². The number of benzene rings is 1.